The highest BCUT2D eigenvalue weighted by Crippen LogP contribution is 2.35. The summed E-state index contributed by atoms with van der Waals surface area (Å²) in [5, 5.41) is 9.98. The molecule has 1 aromatic carbocycles. The molecule has 110 valence electrons. The van der Waals surface area contributed by atoms with E-state index in [2.05, 4.69) is 4.98 Å². The van der Waals surface area contributed by atoms with Crippen molar-refractivity contribution in [3.05, 3.63) is 35.8 Å². The number of benzene rings is 1. The second-order valence-corrected chi connectivity index (χ2v) is 5.56. The fourth-order valence-electron chi connectivity index (χ4n) is 2.14. The van der Waals surface area contributed by atoms with Gasteiger partial charge in [-0.15, -0.1) is 0 Å². The van der Waals surface area contributed by atoms with Crippen LogP contribution in [0, 0.1) is 5.82 Å². The van der Waals surface area contributed by atoms with Crippen molar-refractivity contribution in [1.82, 2.24) is 4.98 Å². The largest absolute Gasteiger partial charge is 0.476 e. The zero-order valence-corrected chi connectivity index (χ0v) is 11.9. The smallest absolute Gasteiger partial charge is 0.356 e. The fourth-order valence-corrected chi connectivity index (χ4v) is 3.26. The van der Waals surface area contributed by atoms with Crippen LogP contribution in [0.4, 0.5) is 9.52 Å². The van der Waals surface area contributed by atoms with Crippen LogP contribution in [0.25, 0.3) is 10.4 Å². The van der Waals surface area contributed by atoms with Crippen molar-refractivity contribution in [3.8, 4) is 10.4 Å². The Balaban J connectivity index is 2.00. The van der Waals surface area contributed by atoms with Crippen LogP contribution in [0.5, 0.6) is 0 Å². The number of hydrogen-bond donors (Lipinski definition) is 1. The summed E-state index contributed by atoms with van der Waals surface area (Å²) in [5.74, 6) is -1.43. The van der Waals surface area contributed by atoms with Crippen molar-refractivity contribution >= 4 is 22.4 Å². The minimum absolute atomic E-state index is 0.00750. The summed E-state index contributed by atoms with van der Waals surface area (Å²) < 4.78 is 18.3. The summed E-state index contributed by atoms with van der Waals surface area (Å²) >= 11 is 1.31. The monoisotopic (exact) mass is 308 g/mol. The molecule has 2 aromatic rings. The Labute approximate surface area is 124 Å². The predicted octanol–water partition coefficient (Wildman–Crippen LogP) is 2.48. The normalized spacial score (nSPS) is 15.2. The Morgan fingerprint density at radius 2 is 1.95 bits per heavy atom. The van der Waals surface area contributed by atoms with E-state index in [9.17, 15) is 14.3 Å². The van der Waals surface area contributed by atoms with Crippen molar-refractivity contribution in [2.24, 2.45) is 0 Å². The molecule has 0 saturated carbocycles. The van der Waals surface area contributed by atoms with Gasteiger partial charge < -0.3 is 14.7 Å². The van der Waals surface area contributed by atoms with Crippen LogP contribution in [0.2, 0.25) is 0 Å². The van der Waals surface area contributed by atoms with E-state index >= 15 is 0 Å². The summed E-state index contributed by atoms with van der Waals surface area (Å²) in [7, 11) is 0. The molecule has 0 spiro atoms. The van der Waals surface area contributed by atoms with Crippen LogP contribution < -0.4 is 4.90 Å². The number of hydrogen-bond acceptors (Lipinski definition) is 5. The third kappa shape index (κ3) is 2.88. The number of carbonyl (C=O) groups is 1. The molecular formula is C14H13FN2O3S. The minimum atomic E-state index is -1.08. The third-order valence-electron chi connectivity index (χ3n) is 3.21. The van der Waals surface area contributed by atoms with Gasteiger partial charge in [-0.05, 0) is 17.7 Å². The van der Waals surface area contributed by atoms with Gasteiger partial charge >= 0.3 is 5.97 Å². The average molecular weight is 308 g/mol. The van der Waals surface area contributed by atoms with E-state index < -0.39 is 5.97 Å². The standard InChI is InChI=1S/C14H13FN2O3S/c15-10-3-1-9(2-4-10)12-11(13(18)19)16-14(21-12)17-5-7-20-8-6-17/h1-4H,5-8H2,(H,18,19). The number of thiazole rings is 1. The zero-order chi connectivity index (χ0) is 14.8. The van der Waals surface area contributed by atoms with Crippen LogP contribution in [-0.4, -0.2) is 42.4 Å². The molecule has 1 aromatic heterocycles. The van der Waals surface area contributed by atoms with E-state index in [4.69, 9.17) is 4.74 Å². The lowest BCUT2D eigenvalue weighted by Gasteiger charge is -2.25. The second-order valence-electron chi connectivity index (χ2n) is 4.59. The van der Waals surface area contributed by atoms with Crippen molar-refractivity contribution in [1.29, 1.82) is 0 Å². The summed E-state index contributed by atoms with van der Waals surface area (Å²) in [4.78, 5) is 18.2. The van der Waals surface area contributed by atoms with Crippen molar-refractivity contribution in [2.75, 3.05) is 31.2 Å². The molecule has 0 radical (unpaired) electrons. The highest BCUT2D eigenvalue weighted by molar-refractivity contribution is 7.19. The number of aromatic carboxylic acids is 1. The first-order valence-electron chi connectivity index (χ1n) is 6.48. The number of anilines is 1. The molecule has 1 aliphatic heterocycles. The molecule has 0 aliphatic carbocycles. The molecule has 1 saturated heterocycles. The van der Waals surface area contributed by atoms with Gasteiger partial charge in [-0.3, -0.25) is 0 Å². The molecule has 3 rings (SSSR count). The molecule has 0 atom stereocenters. The molecule has 21 heavy (non-hydrogen) atoms. The molecule has 7 heteroatoms. The minimum Gasteiger partial charge on any atom is -0.476 e. The number of aromatic nitrogens is 1. The van der Waals surface area contributed by atoms with Gasteiger partial charge in [0.05, 0.1) is 18.1 Å². The number of halogens is 1. The van der Waals surface area contributed by atoms with Crippen LogP contribution in [-0.2, 0) is 4.74 Å². The lowest BCUT2D eigenvalue weighted by molar-refractivity contribution is 0.0692. The Hall–Kier alpha value is -1.99. The van der Waals surface area contributed by atoms with Crippen molar-refractivity contribution in [3.63, 3.8) is 0 Å². The quantitative estimate of drug-likeness (QED) is 0.944. The topological polar surface area (TPSA) is 62.7 Å². The molecule has 0 unspecified atom stereocenters. The van der Waals surface area contributed by atoms with Gasteiger partial charge in [-0.1, -0.05) is 23.5 Å². The molecular weight excluding hydrogens is 295 g/mol. The third-order valence-corrected chi connectivity index (χ3v) is 4.37. The molecule has 0 amide bonds. The van der Waals surface area contributed by atoms with Crippen molar-refractivity contribution < 1.29 is 19.0 Å². The molecule has 0 bridgehead atoms. The highest BCUT2D eigenvalue weighted by Gasteiger charge is 2.22. The number of morpholine rings is 1. The van der Waals surface area contributed by atoms with E-state index in [0.717, 1.165) is 0 Å². The SMILES string of the molecule is O=C(O)c1nc(N2CCOCC2)sc1-c1ccc(F)cc1. The summed E-state index contributed by atoms with van der Waals surface area (Å²) in [6, 6.07) is 5.76. The lowest BCUT2D eigenvalue weighted by Crippen LogP contribution is -2.36. The first-order valence-corrected chi connectivity index (χ1v) is 7.29. The van der Waals surface area contributed by atoms with Gasteiger partial charge in [0, 0.05) is 13.1 Å². The van der Waals surface area contributed by atoms with Crippen molar-refractivity contribution in [2.45, 2.75) is 0 Å². The van der Waals surface area contributed by atoms with E-state index in [1.54, 1.807) is 12.1 Å². The Bertz CT molecular complexity index is 651. The van der Waals surface area contributed by atoms with E-state index in [0.29, 0.717) is 41.9 Å². The predicted molar refractivity (Wildman–Crippen MR) is 77.5 cm³/mol. The molecule has 5 nitrogen and oxygen atoms in total. The molecule has 1 N–H and O–H groups in total. The number of rotatable bonds is 3. The number of ether oxygens (including phenoxy) is 1. The van der Waals surface area contributed by atoms with Gasteiger partial charge in [-0.2, -0.15) is 0 Å². The first kappa shape index (κ1) is 14.0. The van der Waals surface area contributed by atoms with E-state index in [-0.39, 0.29) is 11.5 Å². The van der Waals surface area contributed by atoms with Gasteiger partial charge in [0.2, 0.25) is 0 Å². The Morgan fingerprint density at radius 1 is 1.29 bits per heavy atom. The maximum atomic E-state index is 13.0. The molecule has 1 aliphatic rings. The number of carboxylic acid groups (broad SMARTS) is 1. The summed E-state index contributed by atoms with van der Waals surface area (Å²) in [6.45, 7) is 2.59. The Kier molecular flexibility index (Phi) is 3.85. The number of nitrogens with zero attached hydrogens (tertiary/aromatic N) is 2. The van der Waals surface area contributed by atoms with Crippen LogP contribution in [0.15, 0.2) is 24.3 Å². The fraction of sp³-hybridized carbons (Fsp3) is 0.286. The van der Waals surface area contributed by atoms with E-state index in [1.165, 1.54) is 23.5 Å². The molecule has 2 heterocycles. The van der Waals surface area contributed by atoms with Crippen LogP contribution in [0.1, 0.15) is 10.5 Å². The van der Waals surface area contributed by atoms with Crippen LogP contribution >= 0.6 is 11.3 Å². The van der Waals surface area contributed by atoms with Gasteiger partial charge in [0.15, 0.2) is 10.8 Å². The summed E-state index contributed by atoms with van der Waals surface area (Å²) in [5.41, 5.74) is 0.666. The second kappa shape index (κ2) is 5.79. The average Bonchev–Trinajstić information content (AvgIpc) is 2.94. The lowest BCUT2D eigenvalue weighted by atomic mass is 10.1. The summed E-state index contributed by atoms with van der Waals surface area (Å²) in [6.07, 6.45) is 0. The van der Waals surface area contributed by atoms with E-state index in [1.807, 2.05) is 4.90 Å². The van der Waals surface area contributed by atoms with Crippen LogP contribution in [0.3, 0.4) is 0 Å². The maximum absolute atomic E-state index is 13.0. The maximum Gasteiger partial charge on any atom is 0.356 e. The van der Waals surface area contributed by atoms with Gasteiger partial charge in [0.25, 0.3) is 0 Å². The first-order chi connectivity index (χ1) is 10.1. The zero-order valence-electron chi connectivity index (χ0n) is 11.1. The number of carboxylic acids is 1. The molecule has 1 fully saturated rings. The van der Waals surface area contributed by atoms with Gasteiger partial charge in [0.1, 0.15) is 5.82 Å². The van der Waals surface area contributed by atoms with Gasteiger partial charge in [-0.25, -0.2) is 14.2 Å². The highest BCUT2D eigenvalue weighted by atomic mass is 32.1. The Morgan fingerprint density at radius 3 is 2.57 bits per heavy atom.